The van der Waals surface area contributed by atoms with Crippen LogP contribution in [0.25, 0.3) is 5.69 Å². The van der Waals surface area contributed by atoms with Crippen LogP contribution < -0.4 is 11.2 Å². The summed E-state index contributed by atoms with van der Waals surface area (Å²) in [6.07, 6.45) is 1.44. The Hall–Kier alpha value is -3.27. The van der Waals surface area contributed by atoms with Crippen LogP contribution >= 0.6 is 11.6 Å². The summed E-state index contributed by atoms with van der Waals surface area (Å²) >= 11 is 6.36. The van der Waals surface area contributed by atoms with Gasteiger partial charge in [-0.2, -0.15) is 15.0 Å². The second-order valence-corrected chi connectivity index (χ2v) is 5.37. The van der Waals surface area contributed by atoms with Crippen LogP contribution in [0.5, 0.6) is 0 Å². The van der Waals surface area contributed by atoms with E-state index in [2.05, 4.69) is 31.0 Å². The lowest BCUT2D eigenvalue weighted by molar-refractivity contribution is -0.122. The highest BCUT2D eigenvalue weighted by molar-refractivity contribution is 6.32. The van der Waals surface area contributed by atoms with E-state index in [1.165, 1.54) is 6.21 Å². The summed E-state index contributed by atoms with van der Waals surface area (Å²) in [6.45, 7) is 1.65. The first-order valence-corrected chi connectivity index (χ1v) is 7.58. The number of carbonyl (C=O) groups is 1. The molecular weight excluding hydrogens is 346 g/mol. The molecule has 0 atom stereocenters. The predicted octanol–water partition coefficient (Wildman–Crippen LogP) is 0.553. The standard InChI is InChI=1S/C14H14ClN9O/c1-9-11(13(15)24(20-9)10-5-3-2-4-6-10)7-17-18-12(25)8-23-21-14(16)19-22-23/h2-7H,8H2,1H3,(H2,16,21)(H,18,25)/b17-7-. The fourth-order valence-electron chi connectivity index (χ4n) is 2.05. The number of aromatic nitrogens is 6. The highest BCUT2D eigenvalue weighted by atomic mass is 35.5. The summed E-state index contributed by atoms with van der Waals surface area (Å²) in [4.78, 5) is 12.8. The third-order valence-corrected chi connectivity index (χ3v) is 3.55. The number of anilines is 1. The Labute approximate surface area is 147 Å². The first-order valence-electron chi connectivity index (χ1n) is 7.20. The number of nitrogens with one attached hydrogen (secondary N) is 1. The summed E-state index contributed by atoms with van der Waals surface area (Å²) in [6, 6.07) is 9.46. The summed E-state index contributed by atoms with van der Waals surface area (Å²) in [5, 5.41) is 19.4. The predicted molar refractivity (Wildman–Crippen MR) is 91.3 cm³/mol. The van der Waals surface area contributed by atoms with Crippen LogP contribution in [-0.4, -0.2) is 42.1 Å². The second-order valence-electron chi connectivity index (χ2n) is 5.01. The van der Waals surface area contributed by atoms with Gasteiger partial charge in [0.25, 0.3) is 11.9 Å². The molecule has 128 valence electrons. The van der Waals surface area contributed by atoms with E-state index < -0.39 is 5.91 Å². The monoisotopic (exact) mass is 359 g/mol. The second kappa shape index (κ2) is 7.09. The van der Waals surface area contributed by atoms with Gasteiger partial charge in [-0.1, -0.05) is 34.9 Å². The van der Waals surface area contributed by atoms with Gasteiger partial charge in [0.05, 0.1) is 23.2 Å². The number of nitrogens with two attached hydrogens (primary N) is 1. The summed E-state index contributed by atoms with van der Waals surface area (Å²) in [5.41, 5.74) is 9.79. The molecule has 1 aromatic carbocycles. The molecule has 11 heteroatoms. The molecule has 2 heterocycles. The number of amides is 1. The number of aryl methyl sites for hydroxylation is 1. The number of hydrogen-bond donors (Lipinski definition) is 2. The molecule has 0 radical (unpaired) electrons. The molecule has 0 spiro atoms. The van der Waals surface area contributed by atoms with Gasteiger partial charge in [0.2, 0.25) is 0 Å². The average molecular weight is 360 g/mol. The molecule has 25 heavy (non-hydrogen) atoms. The van der Waals surface area contributed by atoms with Crippen molar-refractivity contribution in [3.63, 3.8) is 0 Å². The number of para-hydroxylation sites is 1. The van der Waals surface area contributed by atoms with E-state index in [1.54, 1.807) is 11.6 Å². The van der Waals surface area contributed by atoms with Gasteiger partial charge in [0.1, 0.15) is 11.7 Å². The quantitative estimate of drug-likeness (QED) is 0.505. The van der Waals surface area contributed by atoms with E-state index in [-0.39, 0.29) is 12.5 Å². The van der Waals surface area contributed by atoms with E-state index in [0.29, 0.717) is 16.4 Å². The number of hydrogen-bond acceptors (Lipinski definition) is 7. The lowest BCUT2D eigenvalue weighted by atomic mass is 10.3. The number of halogens is 1. The fourth-order valence-corrected chi connectivity index (χ4v) is 2.37. The smallest absolute Gasteiger partial charge is 0.263 e. The average Bonchev–Trinajstić information content (AvgIpc) is 3.13. The first kappa shape index (κ1) is 16.6. The number of hydrazone groups is 1. The van der Waals surface area contributed by atoms with Gasteiger partial charge in [-0.3, -0.25) is 4.79 Å². The van der Waals surface area contributed by atoms with Crippen molar-refractivity contribution in [2.75, 3.05) is 5.73 Å². The minimum atomic E-state index is -0.433. The third kappa shape index (κ3) is 3.80. The summed E-state index contributed by atoms with van der Waals surface area (Å²) < 4.78 is 1.60. The van der Waals surface area contributed by atoms with Crippen LogP contribution in [0.4, 0.5) is 5.95 Å². The van der Waals surface area contributed by atoms with Crippen molar-refractivity contribution in [3.05, 3.63) is 46.7 Å². The lowest BCUT2D eigenvalue weighted by Gasteiger charge is -2.02. The number of tetrazole rings is 1. The van der Waals surface area contributed by atoms with Gasteiger partial charge in [0.15, 0.2) is 0 Å². The van der Waals surface area contributed by atoms with Crippen molar-refractivity contribution in [2.24, 2.45) is 5.10 Å². The third-order valence-electron chi connectivity index (χ3n) is 3.18. The lowest BCUT2D eigenvalue weighted by Crippen LogP contribution is -2.24. The maximum Gasteiger partial charge on any atom is 0.263 e. The molecule has 0 aliphatic rings. The Morgan fingerprint density at radius 3 is 2.80 bits per heavy atom. The molecule has 0 bridgehead atoms. The molecule has 3 aromatic rings. The molecule has 0 fully saturated rings. The van der Waals surface area contributed by atoms with Crippen LogP contribution in [0.1, 0.15) is 11.3 Å². The highest BCUT2D eigenvalue weighted by Gasteiger charge is 2.13. The molecule has 0 aliphatic carbocycles. The Morgan fingerprint density at radius 1 is 1.36 bits per heavy atom. The topological polar surface area (TPSA) is 129 Å². The summed E-state index contributed by atoms with van der Waals surface area (Å²) in [5.74, 6) is -0.440. The van der Waals surface area contributed by atoms with Gasteiger partial charge in [0, 0.05) is 0 Å². The Morgan fingerprint density at radius 2 is 2.12 bits per heavy atom. The molecule has 2 aromatic heterocycles. The van der Waals surface area contributed by atoms with Crippen LogP contribution in [0.15, 0.2) is 35.4 Å². The zero-order chi connectivity index (χ0) is 17.8. The SMILES string of the molecule is Cc1nn(-c2ccccc2)c(Cl)c1/C=N\NC(=O)Cn1nnc(N)n1. The maximum atomic E-state index is 11.8. The number of carbonyl (C=O) groups excluding carboxylic acids is 1. The molecule has 3 N–H and O–H groups in total. The normalized spacial score (nSPS) is 11.1. The molecular formula is C14H14ClN9O. The Bertz CT molecular complexity index is 916. The number of nitrogen functional groups attached to an aromatic ring is 1. The van der Waals surface area contributed by atoms with Gasteiger partial charge in [-0.05, 0) is 24.3 Å². The molecule has 1 amide bonds. The molecule has 0 saturated heterocycles. The van der Waals surface area contributed by atoms with E-state index >= 15 is 0 Å². The maximum absolute atomic E-state index is 11.8. The van der Waals surface area contributed by atoms with Gasteiger partial charge < -0.3 is 5.73 Å². The van der Waals surface area contributed by atoms with Crippen molar-refractivity contribution >= 4 is 29.7 Å². The summed E-state index contributed by atoms with van der Waals surface area (Å²) in [7, 11) is 0. The number of nitrogens with zero attached hydrogens (tertiary/aromatic N) is 7. The van der Waals surface area contributed by atoms with E-state index in [9.17, 15) is 4.79 Å². The zero-order valence-electron chi connectivity index (χ0n) is 13.2. The van der Waals surface area contributed by atoms with Gasteiger partial charge in [-0.15, -0.1) is 5.10 Å². The first-order chi connectivity index (χ1) is 12.0. The fraction of sp³-hybridized carbons (Fsp3) is 0.143. The van der Waals surface area contributed by atoms with Crippen LogP contribution in [-0.2, 0) is 11.3 Å². The largest absolute Gasteiger partial charge is 0.365 e. The molecule has 0 unspecified atom stereocenters. The van der Waals surface area contributed by atoms with Crippen molar-refractivity contribution in [1.29, 1.82) is 0 Å². The van der Waals surface area contributed by atoms with Crippen LogP contribution in [0.2, 0.25) is 5.15 Å². The van der Waals surface area contributed by atoms with Gasteiger partial charge >= 0.3 is 0 Å². The molecule has 3 rings (SSSR count). The number of rotatable bonds is 5. The van der Waals surface area contributed by atoms with Crippen molar-refractivity contribution in [3.8, 4) is 5.69 Å². The minimum Gasteiger partial charge on any atom is -0.365 e. The van der Waals surface area contributed by atoms with Gasteiger partial charge in [-0.25, -0.2) is 10.1 Å². The Kier molecular flexibility index (Phi) is 4.70. The Balaban J connectivity index is 1.69. The van der Waals surface area contributed by atoms with Crippen LogP contribution in [0, 0.1) is 6.92 Å². The highest BCUT2D eigenvalue weighted by Crippen LogP contribution is 2.21. The molecule has 0 saturated carbocycles. The minimum absolute atomic E-state index is 0.00738. The van der Waals surface area contributed by atoms with E-state index in [0.717, 1.165) is 10.5 Å². The molecule has 0 aliphatic heterocycles. The van der Waals surface area contributed by atoms with E-state index in [4.69, 9.17) is 17.3 Å². The van der Waals surface area contributed by atoms with E-state index in [1.807, 2.05) is 30.3 Å². The van der Waals surface area contributed by atoms with Crippen molar-refractivity contribution in [2.45, 2.75) is 13.5 Å². The van der Waals surface area contributed by atoms with Crippen molar-refractivity contribution in [1.82, 2.24) is 35.4 Å². The zero-order valence-corrected chi connectivity index (χ0v) is 13.9. The van der Waals surface area contributed by atoms with Crippen LogP contribution in [0.3, 0.4) is 0 Å². The number of benzene rings is 1. The molecule has 10 nitrogen and oxygen atoms in total. The van der Waals surface area contributed by atoms with Crippen molar-refractivity contribution < 1.29 is 4.79 Å².